The Morgan fingerprint density at radius 3 is 1.98 bits per heavy atom. The first-order valence-corrected chi connectivity index (χ1v) is 15.0. The molecule has 0 saturated heterocycles. The molecule has 0 unspecified atom stereocenters. The summed E-state index contributed by atoms with van der Waals surface area (Å²) < 4.78 is 0. The van der Waals surface area contributed by atoms with Gasteiger partial charge >= 0.3 is 5.97 Å². The molecule has 1 atom stereocenters. The number of nitriles is 1. The SMILES string of the molecule is CC/C=C\C/C=C\C/C=C\C/C=C\C/C=C\C/C=C\CCC(=O)NCCCC[C@H](NC(=O)c1cccnc1C#N)C(=O)O. The minimum absolute atomic E-state index is 0.0374. The maximum absolute atomic E-state index is 12.4. The third-order valence-electron chi connectivity index (χ3n) is 6.14. The minimum atomic E-state index is -1.16. The fraction of sp³-hybridized carbons (Fsp3) is 0.400. The summed E-state index contributed by atoms with van der Waals surface area (Å²) in [5, 5.41) is 23.8. The number of carboxylic acid groups (broad SMARTS) is 1. The molecule has 230 valence electrons. The molecule has 1 aromatic heterocycles. The van der Waals surface area contributed by atoms with Crippen LogP contribution in [0, 0.1) is 11.3 Å². The maximum Gasteiger partial charge on any atom is 0.326 e. The summed E-state index contributed by atoms with van der Waals surface area (Å²) in [6.07, 6.45) is 35.2. The van der Waals surface area contributed by atoms with Crippen molar-refractivity contribution in [1.29, 1.82) is 5.26 Å². The van der Waals surface area contributed by atoms with Crippen LogP contribution in [0.1, 0.15) is 93.6 Å². The van der Waals surface area contributed by atoms with E-state index in [0.29, 0.717) is 32.2 Å². The number of pyridine rings is 1. The molecule has 0 aliphatic heterocycles. The number of aromatic nitrogens is 1. The molecule has 0 bridgehead atoms. The Morgan fingerprint density at radius 2 is 1.44 bits per heavy atom. The molecule has 1 heterocycles. The molecular weight excluding hydrogens is 540 g/mol. The largest absolute Gasteiger partial charge is 0.480 e. The molecule has 0 aliphatic rings. The number of carbonyl (C=O) groups is 3. The van der Waals surface area contributed by atoms with Gasteiger partial charge < -0.3 is 15.7 Å². The molecule has 0 spiro atoms. The standard InChI is InChI=1S/C35H46N4O4/c1-2-3-4-5-6-7-8-9-10-11-12-13-14-15-16-17-18-19-20-26-33(40)38-27-22-21-25-31(35(42)43)39-34(41)30-24-23-28-37-32(30)29-36/h3-4,6-7,9-10,12-13,15-16,18-19,23-24,28,31H,2,5,8,11,14,17,20-22,25-27H2,1H3,(H,38,40)(H,39,41)(H,42,43)/b4-3-,7-6-,10-9-,13-12-,16-15-,19-18-/t31-/m0/s1. The Labute approximate surface area is 256 Å². The number of carboxylic acids is 1. The highest BCUT2D eigenvalue weighted by Crippen LogP contribution is 2.07. The number of hydrogen-bond acceptors (Lipinski definition) is 5. The summed E-state index contributed by atoms with van der Waals surface area (Å²) in [6.45, 7) is 2.57. The van der Waals surface area contributed by atoms with Gasteiger partial charge in [0.2, 0.25) is 5.91 Å². The van der Waals surface area contributed by atoms with Crippen LogP contribution in [0.3, 0.4) is 0 Å². The van der Waals surface area contributed by atoms with Crippen LogP contribution in [0.4, 0.5) is 0 Å². The van der Waals surface area contributed by atoms with E-state index in [1.54, 1.807) is 0 Å². The zero-order valence-corrected chi connectivity index (χ0v) is 25.3. The van der Waals surface area contributed by atoms with Gasteiger partial charge in [0.05, 0.1) is 5.56 Å². The highest BCUT2D eigenvalue weighted by atomic mass is 16.4. The second-order valence-corrected chi connectivity index (χ2v) is 9.68. The number of unbranched alkanes of at least 4 members (excludes halogenated alkanes) is 1. The first-order chi connectivity index (χ1) is 21.0. The highest BCUT2D eigenvalue weighted by Gasteiger charge is 2.22. The summed E-state index contributed by atoms with van der Waals surface area (Å²) in [5.41, 5.74) is -0.0220. The number of allylic oxidation sites excluding steroid dienone is 12. The van der Waals surface area contributed by atoms with Crippen molar-refractivity contribution in [2.75, 3.05) is 6.54 Å². The smallest absolute Gasteiger partial charge is 0.326 e. The predicted molar refractivity (Wildman–Crippen MR) is 172 cm³/mol. The van der Waals surface area contributed by atoms with Crippen molar-refractivity contribution in [3.63, 3.8) is 0 Å². The average molecular weight is 587 g/mol. The van der Waals surface area contributed by atoms with Gasteiger partial charge in [-0.2, -0.15) is 5.26 Å². The molecular formula is C35H46N4O4. The molecule has 8 heteroatoms. The summed E-state index contributed by atoms with van der Waals surface area (Å²) in [5.74, 6) is -1.86. The van der Waals surface area contributed by atoms with E-state index in [0.717, 1.165) is 38.5 Å². The number of rotatable bonds is 22. The monoisotopic (exact) mass is 586 g/mol. The molecule has 0 aliphatic carbocycles. The van der Waals surface area contributed by atoms with Crippen LogP contribution < -0.4 is 10.6 Å². The summed E-state index contributed by atoms with van der Waals surface area (Å²) in [7, 11) is 0. The zero-order valence-electron chi connectivity index (χ0n) is 25.3. The van der Waals surface area contributed by atoms with Crippen molar-refractivity contribution in [2.24, 2.45) is 0 Å². The number of nitrogens with zero attached hydrogens (tertiary/aromatic N) is 2. The lowest BCUT2D eigenvalue weighted by atomic mass is 10.1. The van der Waals surface area contributed by atoms with Crippen molar-refractivity contribution in [3.8, 4) is 6.07 Å². The van der Waals surface area contributed by atoms with Gasteiger partial charge in [0.1, 0.15) is 12.1 Å². The van der Waals surface area contributed by atoms with Crippen LogP contribution in [0.25, 0.3) is 0 Å². The second kappa shape index (κ2) is 25.2. The third-order valence-corrected chi connectivity index (χ3v) is 6.14. The first kappa shape index (κ1) is 36.5. The maximum atomic E-state index is 12.4. The summed E-state index contributed by atoms with van der Waals surface area (Å²) in [6, 6.07) is 3.67. The quantitative estimate of drug-likeness (QED) is 0.1000. The third kappa shape index (κ3) is 19.3. The van der Waals surface area contributed by atoms with Gasteiger partial charge in [-0.3, -0.25) is 9.59 Å². The molecule has 1 rings (SSSR count). The van der Waals surface area contributed by atoms with Crippen LogP contribution >= 0.6 is 0 Å². The Hall–Kier alpha value is -4.51. The van der Waals surface area contributed by atoms with Crippen LogP contribution in [-0.2, 0) is 9.59 Å². The zero-order chi connectivity index (χ0) is 31.4. The lowest BCUT2D eigenvalue weighted by Crippen LogP contribution is -2.41. The lowest BCUT2D eigenvalue weighted by molar-refractivity contribution is -0.139. The first-order valence-electron chi connectivity index (χ1n) is 15.0. The van der Waals surface area contributed by atoms with Gasteiger partial charge in [0, 0.05) is 19.2 Å². The lowest BCUT2D eigenvalue weighted by Gasteiger charge is -2.15. The molecule has 8 nitrogen and oxygen atoms in total. The van der Waals surface area contributed by atoms with Crippen LogP contribution in [0.2, 0.25) is 0 Å². The van der Waals surface area contributed by atoms with Crippen LogP contribution in [0.5, 0.6) is 0 Å². The summed E-state index contributed by atoms with van der Waals surface area (Å²) >= 11 is 0. The van der Waals surface area contributed by atoms with E-state index in [1.165, 1.54) is 18.3 Å². The number of aliphatic carboxylic acids is 1. The fourth-order valence-corrected chi connectivity index (χ4v) is 3.81. The second-order valence-electron chi connectivity index (χ2n) is 9.68. The van der Waals surface area contributed by atoms with E-state index < -0.39 is 17.9 Å². The van der Waals surface area contributed by atoms with Gasteiger partial charge in [-0.05, 0) is 76.3 Å². The van der Waals surface area contributed by atoms with Crippen LogP contribution in [0.15, 0.2) is 91.2 Å². The highest BCUT2D eigenvalue weighted by molar-refractivity contribution is 5.98. The normalized spacial score (nSPS) is 12.7. The van der Waals surface area contributed by atoms with Gasteiger partial charge in [-0.15, -0.1) is 0 Å². The molecule has 3 N–H and O–H groups in total. The number of hydrogen-bond donors (Lipinski definition) is 3. The Balaban J connectivity index is 2.10. The van der Waals surface area contributed by atoms with Gasteiger partial charge in [-0.25, -0.2) is 9.78 Å². The van der Waals surface area contributed by atoms with E-state index in [2.05, 4.69) is 83.3 Å². The van der Waals surface area contributed by atoms with E-state index in [-0.39, 0.29) is 23.6 Å². The van der Waals surface area contributed by atoms with E-state index >= 15 is 0 Å². The number of nitrogens with one attached hydrogen (secondary N) is 2. The van der Waals surface area contributed by atoms with Crippen molar-refractivity contribution < 1.29 is 19.5 Å². The van der Waals surface area contributed by atoms with Crippen LogP contribution in [-0.4, -0.2) is 40.5 Å². The number of amides is 2. The van der Waals surface area contributed by atoms with Crippen molar-refractivity contribution in [2.45, 2.75) is 83.6 Å². The molecule has 2 amide bonds. The van der Waals surface area contributed by atoms with Gasteiger partial charge in [-0.1, -0.05) is 79.8 Å². The summed E-state index contributed by atoms with van der Waals surface area (Å²) in [4.78, 5) is 39.8. The average Bonchev–Trinajstić information content (AvgIpc) is 3.01. The van der Waals surface area contributed by atoms with E-state index in [4.69, 9.17) is 5.26 Å². The number of carbonyl (C=O) groups excluding carboxylic acids is 2. The van der Waals surface area contributed by atoms with Gasteiger partial charge in [0.15, 0.2) is 5.69 Å². The topological polar surface area (TPSA) is 132 Å². The molecule has 43 heavy (non-hydrogen) atoms. The van der Waals surface area contributed by atoms with Gasteiger partial charge in [0.25, 0.3) is 5.91 Å². The van der Waals surface area contributed by atoms with Crippen molar-refractivity contribution in [3.05, 3.63) is 102 Å². The molecule has 1 aromatic rings. The molecule has 0 radical (unpaired) electrons. The minimum Gasteiger partial charge on any atom is -0.480 e. The van der Waals surface area contributed by atoms with E-state index in [1.807, 2.05) is 18.2 Å². The molecule has 0 fully saturated rings. The van der Waals surface area contributed by atoms with Crippen molar-refractivity contribution >= 4 is 17.8 Å². The Kier molecular flexibility index (Phi) is 21.4. The Morgan fingerprint density at radius 1 is 0.884 bits per heavy atom. The Bertz CT molecular complexity index is 1190. The molecule has 0 saturated carbocycles. The van der Waals surface area contributed by atoms with E-state index in [9.17, 15) is 19.5 Å². The van der Waals surface area contributed by atoms with Crippen molar-refractivity contribution in [1.82, 2.24) is 15.6 Å². The predicted octanol–water partition coefficient (Wildman–Crippen LogP) is 6.90. The fourth-order valence-electron chi connectivity index (χ4n) is 3.81. The molecule has 0 aromatic carbocycles.